The summed E-state index contributed by atoms with van der Waals surface area (Å²) in [6, 6.07) is 11.7. The molecule has 6 nitrogen and oxygen atoms in total. The molecule has 0 saturated carbocycles. The summed E-state index contributed by atoms with van der Waals surface area (Å²) in [6.45, 7) is 0. The zero-order valence-corrected chi connectivity index (χ0v) is 12.6. The largest absolute Gasteiger partial charge is 0.289 e. The average Bonchev–Trinajstić information content (AvgIpc) is 2.53. The van der Waals surface area contributed by atoms with Crippen molar-refractivity contribution in [2.75, 3.05) is 5.75 Å². The van der Waals surface area contributed by atoms with Gasteiger partial charge in [0.1, 0.15) is 0 Å². The molecule has 116 valence electrons. The summed E-state index contributed by atoms with van der Waals surface area (Å²) < 4.78 is 24.6. The first-order valence-electron chi connectivity index (χ1n) is 6.70. The van der Waals surface area contributed by atoms with E-state index < -0.39 is 14.8 Å². The van der Waals surface area contributed by atoms with E-state index >= 15 is 0 Å². The number of benzene rings is 2. The quantitative estimate of drug-likeness (QED) is 0.479. The number of Topliss-reactive ketones (excluding diaryl/α,β-unsaturated/α-hetero) is 1. The molecule has 0 amide bonds. The van der Waals surface area contributed by atoms with Crippen LogP contribution in [0.4, 0.5) is 5.69 Å². The summed E-state index contributed by atoms with van der Waals surface area (Å²) in [4.78, 5) is 22.6. The number of non-ortho nitro benzene ring substituents is 1. The summed E-state index contributed by atoms with van der Waals surface area (Å²) in [5.74, 6) is -0.714. The Morgan fingerprint density at radius 1 is 1.04 bits per heavy atom. The van der Waals surface area contributed by atoms with Crippen LogP contribution in [-0.4, -0.2) is 24.9 Å². The number of hydrogen-bond acceptors (Lipinski definition) is 5. The lowest BCUT2D eigenvalue weighted by atomic mass is 10.0. The predicted molar refractivity (Wildman–Crippen MR) is 83.9 cm³/mol. The number of ketones is 1. The van der Waals surface area contributed by atoms with Crippen LogP contribution in [0.15, 0.2) is 59.0 Å². The molecule has 1 aliphatic rings. The van der Waals surface area contributed by atoms with Crippen LogP contribution in [0.3, 0.4) is 0 Å². The van der Waals surface area contributed by atoms with Crippen molar-refractivity contribution >= 4 is 27.4 Å². The monoisotopic (exact) mass is 329 g/mol. The van der Waals surface area contributed by atoms with Gasteiger partial charge in [-0.2, -0.15) is 0 Å². The first-order valence-corrected chi connectivity index (χ1v) is 8.35. The summed E-state index contributed by atoms with van der Waals surface area (Å²) >= 11 is 0. The SMILES string of the molecule is O=C1C(=Cc2ccc([N+](=O)[O-])cc2)CS(=O)(=O)c2ccccc21. The van der Waals surface area contributed by atoms with Gasteiger partial charge in [0, 0.05) is 23.3 Å². The van der Waals surface area contributed by atoms with Crippen LogP contribution in [0.25, 0.3) is 6.08 Å². The number of hydrogen-bond donors (Lipinski definition) is 0. The Kier molecular flexibility index (Phi) is 3.57. The van der Waals surface area contributed by atoms with Gasteiger partial charge in [0.05, 0.1) is 15.6 Å². The number of nitro benzene ring substituents is 1. The van der Waals surface area contributed by atoms with Crippen LogP contribution in [-0.2, 0) is 9.84 Å². The number of nitro groups is 1. The van der Waals surface area contributed by atoms with E-state index in [-0.39, 0.29) is 33.3 Å². The van der Waals surface area contributed by atoms with Crippen LogP contribution in [0.1, 0.15) is 15.9 Å². The van der Waals surface area contributed by atoms with Crippen molar-refractivity contribution in [2.24, 2.45) is 0 Å². The molecule has 0 bridgehead atoms. The molecule has 0 spiro atoms. The van der Waals surface area contributed by atoms with Gasteiger partial charge in [0.2, 0.25) is 0 Å². The van der Waals surface area contributed by atoms with Crippen molar-refractivity contribution < 1.29 is 18.1 Å². The second-order valence-corrected chi connectivity index (χ2v) is 7.06. The van der Waals surface area contributed by atoms with E-state index in [0.29, 0.717) is 5.56 Å². The molecule has 2 aromatic rings. The van der Waals surface area contributed by atoms with Crippen LogP contribution in [0.5, 0.6) is 0 Å². The Labute approximate surface area is 132 Å². The maximum Gasteiger partial charge on any atom is 0.269 e. The van der Waals surface area contributed by atoms with Crippen LogP contribution in [0.2, 0.25) is 0 Å². The third kappa shape index (κ3) is 2.78. The first-order chi connectivity index (χ1) is 10.9. The van der Waals surface area contributed by atoms with E-state index in [1.54, 1.807) is 12.1 Å². The molecule has 0 aliphatic carbocycles. The Morgan fingerprint density at radius 2 is 1.70 bits per heavy atom. The summed E-state index contributed by atoms with van der Waals surface area (Å²) in [5.41, 5.74) is 0.776. The molecular weight excluding hydrogens is 318 g/mol. The second kappa shape index (κ2) is 5.44. The van der Waals surface area contributed by atoms with Gasteiger partial charge in [-0.3, -0.25) is 14.9 Å². The summed E-state index contributed by atoms with van der Waals surface area (Å²) in [6.07, 6.45) is 1.46. The molecule has 0 N–H and O–H groups in total. The molecule has 0 fully saturated rings. The summed E-state index contributed by atoms with van der Waals surface area (Å²) in [5, 5.41) is 10.6. The fraction of sp³-hybridized carbons (Fsp3) is 0.0625. The standard InChI is InChI=1S/C16H11NO5S/c18-16-12(9-11-5-7-13(8-6-11)17(19)20)10-23(21,22)15-4-2-1-3-14(15)16/h1-9H,10H2. The minimum absolute atomic E-state index is 0.0471. The normalized spacial score (nSPS) is 17.7. The maximum atomic E-state index is 12.4. The average molecular weight is 329 g/mol. The highest BCUT2D eigenvalue weighted by Crippen LogP contribution is 2.29. The molecule has 1 aliphatic heterocycles. The number of rotatable bonds is 2. The predicted octanol–water partition coefficient (Wildman–Crippen LogP) is 2.65. The molecule has 23 heavy (non-hydrogen) atoms. The van der Waals surface area contributed by atoms with E-state index in [1.165, 1.54) is 42.5 Å². The Morgan fingerprint density at radius 3 is 2.35 bits per heavy atom. The minimum atomic E-state index is -3.56. The van der Waals surface area contributed by atoms with Crippen LogP contribution < -0.4 is 0 Å². The number of carbonyl (C=O) groups excluding carboxylic acids is 1. The van der Waals surface area contributed by atoms with E-state index in [1.807, 2.05) is 0 Å². The molecule has 0 aromatic heterocycles. The second-order valence-electron chi connectivity index (χ2n) is 5.10. The minimum Gasteiger partial charge on any atom is -0.289 e. The van der Waals surface area contributed by atoms with Crippen LogP contribution >= 0.6 is 0 Å². The van der Waals surface area contributed by atoms with Crippen molar-refractivity contribution in [2.45, 2.75) is 4.90 Å². The van der Waals surface area contributed by atoms with Gasteiger partial charge < -0.3 is 0 Å². The fourth-order valence-corrected chi connectivity index (χ4v) is 4.01. The lowest BCUT2D eigenvalue weighted by Gasteiger charge is -2.17. The smallest absolute Gasteiger partial charge is 0.269 e. The van der Waals surface area contributed by atoms with Crippen molar-refractivity contribution in [3.8, 4) is 0 Å². The van der Waals surface area contributed by atoms with Gasteiger partial charge >= 0.3 is 0 Å². The van der Waals surface area contributed by atoms with Crippen molar-refractivity contribution in [1.29, 1.82) is 0 Å². The van der Waals surface area contributed by atoms with Gasteiger partial charge in [0.25, 0.3) is 5.69 Å². The maximum absolute atomic E-state index is 12.4. The fourth-order valence-electron chi connectivity index (χ4n) is 2.45. The van der Waals surface area contributed by atoms with Gasteiger partial charge in [-0.15, -0.1) is 0 Å². The highest BCUT2D eigenvalue weighted by molar-refractivity contribution is 7.91. The molecule has 7 heteroatoms. The van der Waals surface area contributed by atoms with Crippen molar-refractivity contribution in [3.05, 3.63) is 75.3 Å². The van der Waals surface area contributed by atoms with Gasteiger partial charge in [-0.05, 0) is 35.9 Å². The van der Waals surface area contributed by atoms with Crippen molar-refractivity contribution in [3.63, 3.8) is 0 Å². The Hall–Kier alpha value is -2.80. The Balaban J connectivity index is 2.04. The highest BCUT2D eigenvalue weighted by Gasteiger charge is 2.32. The van der Waals surface area contributed by atoms with E-state index in [9.17, 15) is 23.3 Å². The number of carbonyl (C=O) groups is 1. The molecule has 0 unspecified atom stereocenters. The van der Waals surface area contributed by atoms with Gasteiger partial charge in [-0.1, -0.05) is 12.1 Å². The topological polar surface area (TPSA) is 94.3 Å². The number of fused-ring (bicyclic) bond motifs is 1. The zero-order valence-electron chi connectivity index (χ0n) is 11.8. The summed E-state index contributed by atoms with van der Waals surface area (Å²) in [7, 11) is -3.56. The zero-order chi connectivity index (χ0) is 16.6. The van der Waals surface area contributed by atoms with Crippen LogP contribution in [0, 0.1) is 10.1 Å². The van der Waals surface area contributed by atoms with Gasteiger partial charge in [0.15, 0.2) is 15.6 Å². The molecule has 3 rings (SSSR count). The lowest BCUT2D eigenvalue weighted by molar-refractivity contribution is -0.384. The van der Waals surface area contributed by atoms with E-state index in [0.717, 1.165) is 0 Å². The molecule has 2 aromatic carbocycles. The molecule has 0 saturated heterocycles. The van der Waals surface area contributed by atoms with E-state index in [2.05, 4.69) is 0 Å². The molecule has 0 atom stereocenters. The molecule has 1 heterocycles. The van der Waals surface area contributed by atoms with E-state index in [4.69, 9.17) is 0 Å². The number of nitrogens with zero attached hydrogens (tertiary/aromatic N) is 1. The Bertz CT molecular complexity index is 943. The third-order valence-electron chi connectivity index (χ3n) is 3.55. The van der Waals surface area contributed by atoms with Gasteiger partial charge in [-0.25, -0.2) is 8.42 Å². The first kappa shape index (κ1) is 15.1. The third-order valence-corrected chi connectivity index (χ3v) is 5.27. The van der Waals surface area contributed by atoms with Crippen molar-refractivity contribution in [1.82, 2.24) is 0 Å². The molecule has 0 radical (unpaired) electrons. The number of sulfone groups is 1. The highest BCUT2D eigenvalue weighted by atomic mass is 32.2. The molecular formula is C16H11NO5S. The lowest BCUT2D eigenvalue weighted by Crippen LogP contribution is -2.24.